The molecule has 3 aromatic heterocycles. The fraction of sp³-hybridized carbons (Fsp3) is 0.531. The van der Waals surface area contributed by atoms with Crippen LogP contribution in [0.3, 0.4) is 0 Å². The van der Waals surface area contributed by atoms with Gasteiger partial charge in [0.05, 0.1) is 41.0 Å². The molecule has 12 heteroatoms. The first-order chi connectivity index (χ1) is 20.9. The van der Waals surface area contributed by atoms with Crippen LogP contribution in [0.4, 0.5) is 26.4 Å². The van der Waals surface area contributed by atoms with E-state index in [1.54, 1.807) is 16.8 Å². The molecule has 236 valence electrons. The smallest absolute Gasteiger partial charge is 0.410 e. The van der Waals surface area contributed by atoms with Crippen LogP contribution in [0.25, 0.3) is 16.6 Å². The van der Waals surface area contributed by atoms with Gasteiger partial charge in [-0.15, -0.1) is 0 Å². The fourth-order valence-electron chi connectivity index (χ4n) is 6.46. The summed E-state index contributed by atoms with van der Waals surface area (Å²) in [6.07, 6.45) is 5.80. The Labute approximate surface area is 256 Å². The van der Waals surface area contributed by atoms with Crippen LogP contribution in [0.15, 0.2) is 30.6 Å². The lowest BCUT2D eigenvalue weighted by Gasteiger charge is -2.45. The molecule has 2 aliphatic rings. The number of rotatable bonds is 5. The number of carbonyl (C=O) groups is 1. The van der Waals surface area contributed by atoms with Gasteiger partial charge in [-0.05, 0) is 78.5 Å². The molecular weight excluding hydrogens is 565 g/mol. The Balaban J connectivity index is 1.38. The Bertz CT molecular complexity index is 1680. The number of imidazole rings is 1. The molecule has 5 heterocycles. The number of piperazine rings is 1. The van der Waals surface area contributed by atoms with Crippen LogP contribution < -0.4 is 10.2 Å². The summed E-state index contributed by atoms with van der Waals surface area (Å²) in [5.74, 6) is 0.0673. The van der Waals surface area contributed by atoms with Crippen molar-refractivity contribution in [3.8, 4) is 0 Å². The monoisotopic (exact) mass is 607 g/mol. The molecule has 2 saturated heterocycles. The molecule has 2 aliphatic heterocycles. The summed E-state index contributed by atoms with van der Waals surface area (Å²) in [6.45, 7) is 13.1. The van der Waals surface area contributed by atoms with Gasteiger partial charge < -0.3 is 29.2 Å². The Morgan fingerprint density at radius 3 is 2.57 bits per heavy atom. The number of pyridine rings is 1. The van der Waals surface area contributed by atoms with Gasteiger partial charge in [-0.1, -0.05) is 0 Å². The third-order valence-corrected chi connectivity index (χ3v) is 8.25. The highest BCUT2D eigenvalue weighted by molar-refractivity contribution is 5.97. The summed E-state index contributed by atoms with van der Waals surface area (Å²) < 4.78 is 30.3. The number of halogens is 1. The molecule has 1 unspecified atom stereocenters. The predicted molar refractivity (Wildman–Crippen MR) is 167 cm³/mol. The standard InChI is InChI=1S/C32H42FN7O4/c1-19-14-38-17-23(12-25(33)30(38)34-19)35-29-28-22(18-41)11-24(13-26(28)40(36-29)27-9-7-8-10-43-27)37-15-20(2)39(21(3)16-37)31(42)44-32(4,5)6/h11-14,17,20-21,27,41H,7-10,15-16,18H2,1-6H3,(H,35,36)/t20-,21-,27?/m0/s1. The largest absolute Gasteiger partial charge is 0.444 e. The average Bonchev–Trinajstić information content (AvgIpc) is 3.51. The number of nitrogens with zero attached hydrogens (tertiary/aromatic N) is 6. The van der Waals surface area contributed by atoms with Crippen molar-refractivity contribution in [3.63, 3.8) is 0 Å². The molecule has 1 amide bonds. The maximum absolute atomic E-state index is 15.0. The molecule has 11 nitrogen and oxygen atoms in total. The zero-order valence-electron chi connectivity index (χ0n) is 26.3. The Morgan fingerprint density at radius 1 is 1.16 bits per heavy atom. The van der Waals surface area contributed by atoms with E-state index in [4.69, 9.17) is 14.6 Å². The molecule has 0 spiro atoms. The zero-order valence-corrected chi connectivity index (χ0v) is 26.3. The second-order valence-electron chi connectivity index (χ2n) is 13.1. The van der Waals surface area contributed by atoms with Crippen LogP contribution in [0, 0.1) is 12.7 Å². The van der Waals surface area contributed by atoms with Gasteiger partial charge in [0.25, 0.3) is 0 Å². The van der Waals surface area contributed by atoms with E-state index >= 15 is 0 Å². The van der Waals surface area contributed by atoms with Crippen LogP contribution in [-0.2, 0) is 16.1 Å². The fourth-order valence-corrected chi connectivity index (χ4v) is 6.46. The number of aryl methyl sites for hydroxylation is 1. The van der Waals surface area contributed by atoms with E-state index in [-0.39, 0.29) is 36.7 Å². The number of nitrogens with one attached hydrogen (secondary N) is 1. The topological polar surface area (TPSA) is 109 Å². The second kappa shape index (κ2) is 11.6. The summed E-state index contributed by atoms with van der Waals surface area (Å²) in [6, 6.07) is 5.27. The van der Waals surface area contributed by atoms with Crippen LogP contribution in [-0.4, -0.2) is 72.6 Å². The number of fused-ring (bicyclic) bond motifs is 2. The van der Waals surface area contributed by atoms with E-state index in [1.807, 2.05) is 57.2 Å². The van der Waals surface area contributed by atoms with E-state index in [0.29, 0.717) is 36.8 Å². The van der Waals surface area contributed by atoms with Gasteiger partial charge in [0.1, 0.15) is 5.60 Å². The first-order valence-corrected chi connectivity index (χ1v) is 15.4. The number of benzene rings is 1. The number of hydrogen-bond donors (Lipinski definition) is 2. The molecule has 0 saturated carbocycles. The van der Waals surface area contributed by atoms with Crippen molar-refractivity contribution in [2.75, 3.05) is 29.9 Å². The lowest BCUT2D eigenvalue weighted by atomic mass is 10.0. The van der Waals surface area contributed by atoms with Crippen LogP contribution in [0.1, 0.15) is 71.4 Å². The number of aliphatic hydroxyl groups excluding tert-OH is 1. The molecule has 2 fully saturated rings. The van der Waals surface area contributed by atoms with Crippen molar-refractivity contribution < 1.29 is 23.8 Å². The highest BCUT2D eigenvalue weighted by atomic mass is 19.1. The maximum Gasteiger partial charge on any atom is 0.410 e. The summed E-state index contributed by atoms with van der Waals surface area (Å²) >= 11 is 0. The minimum Gasteiger partial charge on any atom is -0.444 e. The summed E-state index contributed by atoms with van der Waals surface area (Å²) in [5, 5.41) is 19.6. The molecule has 4 aromatic rings. The molecule has 6 rings (SSSR count). The number of aromatic nitrogens is 4. The van der Waals surface area contributed by atoms with Crippen molar-refractivity contribution in [2.24, 2.45) is 0 Å². The lowest BCUT2D eigenvalue weighted by Crippen LogP contribution is -2.59. The molecule has 2 N–H and O–H groups in total. The normalized spacial score (nSPS) is 21.3. The van der Waals surface area contributed by atoms with Gasteiger partial charge in [-0.2, -0.15) is 5.10 Å². The van der Waals surface area contributed by atoms with E-state index in [2.05, 4.69) is 21.3 Å². The second-order valence-corrected chi connectivity index (χ2v) is 13.1. The van der Waals surface area contributed by atoms with Crippen molar-refractivity contribution >= 4 is 39.8 Å². The molecule has 44 heavy (non-hydrogen) atoms. The van der Waals surface area contributed by atoms with Crippen LogP contribution in [0.2, 0.25) is 0 Å². The lowest BCUT2D eigenvalue weighted by molar-refractivity contribution is -0.0365. The van der Waals surface area contributed by atoms with Gasteiger partial charge in [0.15, 0.2) is 23.5 Å². The average molecular weight is 608 g/mol. The van der Waals surface area contributed by atoms with Gasteiger partial charge in [-0.3, -0.25) is 4.90 Å². The quantitative estimate of drug-likeness (QED) is 0.289. The zero-order chi connectivity index (χ0) is 31.3. The van der Waals surface area contributed by atoms with Gasteiger partial charge in [-0.25, -0.2) is 18.9 Å². The number of anilines is 3. The van der Waals surface area contributed by atoms with Gasteiger partial charge >= 0.3 is 6.09 Å². The predicted octanol–water partition coefficient (Wildman–Crippen LogP) is 5.90. The van der Waals surface area contributed by atoms with Crippen molar-refractivity contribution in [3.05, 3.63) is 47.7 Å². The molecular formula is C32H42FN7O4. The van der Waals surface area contributed by atoms with E-state index < -0.39 is 11.4 Å². The molecule has 0 bridgehead atoms. The third kappa shape index (κ3) is 5.80. The first kappa shape index (κ1) is 30.1. The minimum atomic E-state index is -0.574. The van der Waals surface area contributed by atoms with E-state index in [9.17, 15) is 14.3 Å². The number of amides is 1. The van der Waals surface area contributed by atoms with Crippen molar-refractivity contribution in [2.45, 2.75) is 91.3 Å². The maximum atomic E-state index is 15.0. The number of hydrogen-bond acceptors (Lipinski definition) is 8. The summed E-state index contributed by atoms with van der Waals surface area (Å²) in [5.41, 5.74) is 3.35. The molecule has 0 aliphatic carbocycles. The van der Waals surface area contributed by atoms with Crippen LogP contribution in [0.5, 0.6) is 0 Å². The summed E-state index contributed by atoms with van der Waals surface area (Å²) in [4.78, 5) is 21.3. The van der Waals surface area contributed by atoms with Crippen molar-refractivity contribution in [1.29, 1.82) is 0 Å². The van der Waals surface area contributed by atoms with Gasteiger partial charge in [0, 0.05) is 43.8 Å². The van der Waals surface area contributed by atoms with E-state index in [0.717, 1.165) is 41.5 Å². The Morgan fingerprint density at radius 2 is 1.91 bits per heavy atom. The molecule has 0 radical (unpaired) electrons. The summed E-state index contributed by atoms with van der Waals surface area (Å²) in [7, 11) is 0. The number of ether oxygens (including phenoxy) is 2. The highest BCUT2D eigenvalue weighted by Crippen LogP contribution is 2.38. The van der Waals surface area contributed by atoms with Crippen LogP contribution >= 0.6 is 0 Å². The number of carbonyl (C=O) groups excluding carboxylic acids is 1. The third-order valence-electron chi connectivity index (χ3n) is 8.25. The van der Waals surface area contributed by atoms with Crippen molar-refractivity contribution in [1.82, 2.24) is 24.1 Å². The Kier molecular flexibility index (Phi) is 7.91. The number of aliphatic hydroxyl groups is 1. The molecule has 3 atom stereocenters. The minimum absolute atomic E-state index is 0.0951. The first-order valence-electron chi connectivity index (χ1n) is 15.4. The van der Waals surface area contributed by atoms with E-state index in [1.165, 1.54) is 6.07 Å². The molecule has 1 aromatic carbocycles. The highest BCUT2D eigenvalue weighted by Gasteiger charge is 2.36. The Hall–Kier alpha value is -3.90. The van der Waals surface area contributed by atoms with Gasteiger partial charge in [0.2, 0.25) is 0 Å². The SMILES string of the molecule is Cc1cn2cc(Nc3nn(C4CCCCO4)c4cc(N5C[C@H](C)N(C(=O)OC(C)(C)C)[C@@H](C)C5)cc(CO)c34)cc(F)c2n1.